The quantitative estimate of drug-likeness (QED) is 0.783. The highest BCUT2D eigenvalue weighted by molar-refractivity contribution is 5.96. The van der Waals surface area contributed by atoms with Gasteiger partial charge in [0.1, 0.15) is 0 Å². The Kier molecular flexibility index (Phi) is 4.35. The van der Waals surface area contributed by atoms with Crippen molar-refractivity contribution >= 4 is 11.9 Å². The molecule has 0 amide bonds. The molecule has 0 radical (unpaired) electrons. The summed E-state index contributed by atoms with van der Waals surface area (Å²) in [6, 6.07) is 13.0. The molecule has 1 atom stereocenters. The van der Waals surface area contributed by atoms with Crippen LogP contribution in [0.15, 0.2) is 48.5 Å². The van der Waals surface area contributed by atoms with Crippen molar-refractivity contribution < 1.29 is 19.8 Å². The third kappa shape index (κ3) is 3.46. The summed E-state index contributed by atoms with van der Waals surface area (Å²) >= 11 is 0. The molecule has 1 unspecified atom stereocenters. The zero-order chi connectivity index (χ0) is 15.4. The standard InChI is InChI=1S/C16H15NO4/c17-14(9-15(18)19)11-5-3-4-10(8-11)12-6-1-2-7-13(12)16(20)21/h1-8,14H,9,17H2,(H,18,19)(H,20,21). The van der Waals surface area contributed by atoms with Gasteiger partial charge < -0.3 is 15.9 Å². The number of aromatic carboxylic acids is 1. The van der Waals surface area contributed by atoms with Crippen LogP contribution in [-0.2, 0) is 4.79 Å². The van der Waals surface area contributed by atoms with Gasteiger partial charge in [-0.3, -0.25) is 4.79 Å². The molecule has 0 saturated heterocycles. The molecule has 5 heteroatoms. The molecule has 4 N–H and O–H groups in total. The lowest BCUT2D eigenvalue weighted by Crippen LogP contribution is -2.15. The molecule has 108 valence electrons. The Balaban J connectivity index is 2.42. The number of benzene rings is 2. The average Bonchev–Trinajstić information content (AvgIpc) is 2.46. The second kappa shape index (κ2) is 6.19. The highest BCUT2D eigenvalue weighted by Gasteiger charge is 2.14. The van der Waals surface area contributed by atoms with Crippen LogP contribution in [0.1, 0.15) is 28.4 Å². The van der Waals surface area contributed by atoms with E-state index in [0.717, 1.165) is 0 Å². The molecule has 0 aliphatic rings. The van der Waals surface area contributed by atoms with E-state index in [-0.39, 0.29) is 12.0 Å². The van der Waals surface area contributed by atoms with E-state index in [1.165, 1.54) is 6.07 Å². The minimum atomic E-state index is -1.01. The molecule has 0 aromatic heterocycles. The van der Waals surface area contributed by atoms with Gasteiger partial charge in [0.2, 0.25) is 0 Å². The lowest BCUT2D eigenvalue weighted by atomic mass is 9.95. The number of hydrogen-bond donors (Lipinski definition) is 3. The van der Waals surface area contributed by atoms with Crippen LogP contribution in [0.2, 0.25) is 0 Å². The minimum Gasteiger partial charge on any atom is -0.481 e. The molecule has 5 nitrogen and oxygen atoms in total. The number of rotatable bonds is 5. The average molecular weight is 285 g/mol. The second-order valence-electron chi connectivity index (χ2n) is 4.68. The predicted molar refractivity (Wildman–Crippen MR) is 78.0 cm³/mol. The fourth-order valence-corrected chi connectivity index (χ4v) is 2.16. The first-order chi connectivity index (χ1) is 9.99. The van der Waals surface area contributed by atoms with Crippen molar-refractivity contribution in [3.63, 3.8) is 0 Å². The molecule has 0 spiro atoms. The Morgan fingerprint density at radius 2 is 1.76 bits per heavy atom. The molecule has 0 aliphatic carbocycles. The Morgan fingerprint density at radius 1 is 1.05 bits per heavy atom. The summed E-state index contributed by atoms with van der Waals surface area (Å²) in [7, 11) is 0. The van der Waals surface area contributed by atoms with Crippen molar-refractivity contribution in [2.75, 3.05) is 0 Å². The second-order valence-corrected chi connectivity index (χ2v) is 4.68. The first kappa shape index (κ1) is 14.7. The largest absolute Gasteiger partial charge is 0.481 e. The number of carbonyl (C=O) groups is 2. The van der Waals surface area contributed by atoms with Gasteiger partial charge in [-0.2, -0.15) is 0 Å². The molecule has 0 bridgehead atoms. The van der Waals surface area contributed by atoms with Gasteiger partial charge in [0.15, 0.2) is 0 Å². The lowest BCUT2D eigenvalue weighted by Gasteiger charge is -2.12. The molecule has 0 fully saturated rings. The zero-order valence-corrected chi connectivity index (χ0v) is 11.2. The van der Waals surface area contributed by atoms with Crippen molar-refractivity contribution in [2.24, 2.45) is 5.73 Å². The number of nitrogens with two attached hydrogens (primary N) is 1. The summed E-state index contributed by atoms with van der Waals surface area (Å²) in [6.07, 6.45) is -0.177. The van der Waals surface area contributed by atoms with Crippen LogP contribution in [0.5, 0.6) is 0 Å². The molecule has 2 aromatic carbocycles. The van der Waals surface area contributed by atoms with Crippen LogP contribution >= 0.6 is 0 Å². The highest BCUT2D eigenvalue weighted by atomic mass is 16.4. The first-order valence-electron chi connectivity index (χ1n) is 6.39. The van der Waals surface area contributed by atoms with Crippen molar-refractivity contribution in [1.29, 1.82) is 0 Å². The molecule has 21 heavy (non-hydrogen) atoms. The third-order valence-corrected chi connectivity index (χ3v) is 3.18. The number of carboxylic acid groups (broad SMARTS) is 2. The highest BCUT2D eigenvalue weighted by Crippen LogP contribution is 2.26. The van der Waals surface area contributed by atoms with E-state index in [9.17, 15) is 14.7 Å². The van der Waals surface area contributed by atoms with Gasteiger partial charge in [-0.1, -0.05) is 36.4 Å². The number of aliphatic carboxylic acids is 1. The monoisotopic (exact) mass is 285 g/mol. The summed E-state index contributed by atoms with van der Waals surface area (Å²) in [5, 5.41) is 18.0. The molecule has 0 aliphatic heterocycles. The van der Waals surface area contributed by atoms with Gasteiger partial charge in [0.25, 0.3) is 0 Å². The predicted octanol–water partition coefficient (Wildman–Crippen LogP) is 2.53. The van der Waals surface area contributed by atoms with Crippen LogP contribution in [0, 0.1) is 0 Å². The maximum absolute atomic E-state index is 11.3. The van der Waals surface area contributed by atoms with Crippen molar-refractivity contribution in [3.8, 4) is 11.1 Å². The normalized spacial score (nSPS) is 11.9. The summed E-state index contributed by atoms with van der Waals surface area (Å²) < 4.78 is 0. The Morgan fingerprint density at radius 3 is 2.43 bits per heavy atom. The minimum absolute atomic E-state index is 0.177. The van der Waals surface area contributed by atoms with Gasteiger partial charge >= 0.3 is 11.9 Å². The van der Waals surface area contributed by atoms with Crippen molar-refractivity contribution in [1.82, 2.24) is 0 Å². The summed E-state index contributed by atoms with van der Waals surface area (Å²) in [4.78, 5) is 22.0. The Bertz CT molecular complexity index is 681. The van der Waals surface area contributed by atoms with E-state index < -0.39 is 18.0 Å². The van der Waals surface area contributed by atoms with Crippen molar-refractivity contribution in [3.05, 3.63) is 59.7 Å². The van der Waals surface area contributed by atoms with E-state index >= 15 is 0 Å². The van der Waals surface area contributed by atoms with E-state index in [2.05, 4.69) is 0 Å². The van der Waals surface area contributed by atoms with Crippen LogP contribution in [0.3, 0.4) is 0 Å². The topological polar surface area (TPSA) is 101 Å². The third-order valence-electron chi connectivity index (χ3n) is 3.18. The number of carboxylic acids is 2. The fraction of sp³-hybridized carbons (Fsp3) is 0.125. The summed E-state index contributed by atoms with van der Waals surface area (Å²) in [5.74, 6) is -1.98. The maximum atomic E-state index is 11.3. The molecular weight excluding hydrogens is 270 g/mol. The smallest absolute Gasteiger partial charge is 0.336 e. The van der Waals surface area contributed by atoms with Gasteiger partial charge in [0, 0.05) is 6.04 Å². The first-order valence-corrected chi connectivity index (χ1v) is 6.39. The number of hydrogen-bond acceptors (Lipinski definition) is 3. The van der Waals surface area contributed by atoms with Gasteiger partial charge in [-0.05, 0) is 28.8 Å². The summed E-state index contributed by atoms with van der Waals surface area (Å²) in [5.41, 5.74) is 7.98. The molecule has 0 saturated carbocycles. The zero-order valence-electron chi connectivity index (χ0n) is 11.2. The van der Waals surface area contributed by atoms with Gasteiger partial charge in [-0.15, -0.1) is 0 Å². The molecule has 2 aromatic rings. The van der Waals surface area contributed by atoms with Crippen LogP contribution < -0.4 is 5.73 Å². The van der Waals surface area contributed by atoms with Gasteiger partial charge in [-0.25, -0.2) is 4.79 Å². The molecular formula is C16H15NO4. The fourth-order valence-electron chi connectivity index (χ4n) is 2.16. The van der Waals surface area contributed by atoms with Crippen LogP contribution in [-0.4, -0.2) is 22.2 Å². The van der Waals surface area contributed by atoms with Crippen LogP contribution in [0.25, 0.3) is 11.1 Å². The molecule has 0 heterocycles. The van der Waals surface area contributed by atoms with Crippen LogP contribution in [0.4, 0.5) is 0 Å². The van der Waals surface area contributed by atoms with E-state index in [1.807, 2.05) is 0 Å². The van der Waals surface area contributed by atoms with Crippen molar-refractivity contribution in [2.45, 2.75) is 12.5 Å². The Labute approximate surface area is 121 Å². The van der Waals surface area contributed by atoms with E-state index in [4.69, 9.17) is 10.8 Å². The lowest BCUT2D eigenvalue weighted by molar-refractivity contribution is -0.137. The maximum Gasteiger partial charge on any atom is 0.336 e. The van der Waals surface area contributed by atoms with E-state index in [1.54, 1.807) is 42.5 Å². The Hall–Kier alpha value is -2.66. The summed E-state index contributed by atoms with van der Waals surface area (Å²) in [6.45, 7) is 0. The van der Waals surface area contributed by atoms with Gasteiger partial charge in [0.05, 0.1) is 12.0 Å². The van der Waals surface area contributed by atoms with E-state index in [0.29, 0.717) is 16.7 Å². The SMILES string of the molecule is NC(CC(=O)O)c1cccc(-c2ccccc2C(=O)O)c1. The molecule has 2 rings (SSSR count).